The Kier molecular flexibility index (Phi) is 3.71. The van der Waals surface area contributed by atoms with Crippen molar-refractivity contribution in [1.82, 2.24) is 9.97 Å². The average molecular weight is 373 g/mol. The van der Waals surface area contributed by atoms with Crippen LogP contribution in [-0.4, -0.2) is 27.5 Å². The van der Waals surface area contributed by atoms with Crippen molar-refractivity contribution in [2.45, 2.75) is 6.92 Å². The van der Waals surface area contributed by atoms with Crippen molar-refractivity contribution in [3.63, 3.8) is 0 Å². The molecule has 5 nitrogen and oxygen atoms in total. The van der Waals surface area contributed by atoms with Gasteiger partial charge in [-0.05, 0) is 42.8 Å². The number of aryl methyl sites for hydroxylation is 1. The van der Waals surface area contributed by atoms with Gasteiger partial charge in [-0.25, -0.2) is 4.98 Å². The Morgan fingerprint density at radius 1 is 1.16 bits per heavy atom. The number of hydrogen-bond acceptors (Lipinski definition) is 3. The molecule has 0 amide bonds. The molecule has 4 rings (SSSR count). The van der Waals surface area contributed by atoms with Crippen LogP contribution in [0.25, 0.3) is 16.6 Å². The number of aliphatic hydroxyl groups is 1. The third kappa shape index (κ3) is 2.75. The van der Waals surface area contributed by atoms with Gasteiger partial charge in [0.15, 0.2) is 0 Å². The van der Waals surface area contributed by atoms with Crippen LogP contribution in [0, 0.1) is 12.3 Å². The highest BCUT2D eigenvalue weighted by molar-refractivity contribution is 6.36. The highest BCUT2D eigenvalue weighted by Crippen LogP contribution is 2.33. The van der Waals surface area contributed by atoms with Crippen molar-refractivity contribution in [1.29, 1.82) is 5.41 Å². The summed E-state index contributed by atoms with van der Waals surface area (Å²) >= 11 is 12.1. The van der Waals surface area contributed by atoms with E-state index in [4.69, 9.17) is 28.6 Å². The minimum absolute atomic E-state index is 0.0804. The molecule has 0 aliphatic carbocycles. The number of hydrogen-bond donors (Lipinski definition) is 3. The maximum atomic E-state index is 10.4. The molecule has 0 saturated carbocycles. The lowest BCUT2D eigenvalue weighted by molar-refractivity contribution is 0.411. The molecule has 0 unspecified atom stereocenters. The number of nitrogens with zero attached hydrogens (tertiary/aromatic N) is 2. The molecule has 7 heteroatoms. The van der Waals surface area contributed by atoms with Gasteiger partial charge in [0.2, 0.25) is 0 Å². The van der Waals surface area contributed by atoms with E-state index in [2.05, 4.69) is 9.97 Å². The quantitative estimate of drug-likeness (QED) is 0.595. The molecule has 0 saturated heterocycles. The average Bonchev–Trinajstić information content (AvgIpc) is 3.06. The van der Waals surface area contributed by atoms with Crippen molar-refractivity contribution in [3.05, 3.63) is 63.6 Å². The molecule has 0 bridgehead atoms. The first-order valence-corrected chi connectivity index (χ1v) is 8.39. The minimum Gasteiger partial charge on any atom is -0.509 e. The van der Waals surface area contributed by atoms with Crippen LogP contribution in [0.1, 0.15) is 11.4 Å². The van der Waals surface area contributed by atoms with Crippen LogP contribution in [0.5, 0.6) is 0 Å². The standard InChI is InChI=1S/C18H14Cl2N4O/c1-9-2-3-13-14(4-9)23-18(22-13)16-15(25)8-24(17(16)21)12-6-10(19)5-11(20)7-12/h2-7,21,25H,8H2,1H3,(H,22,23). The second kappa shape index (κ2) is 5.79. The van der Waals surface area contributed by atoms with Crippen LogP contribution >= 0.6 is 23.2 Å². The first-order chi connectivity index (χ1) is 11.9. The molecule has 2 heterocycles. The van der Waals surface area contributed by atoms with E-state index in [1.165, 1.54) is 0 Å². The first kappa shape index (κ1) is 16.0. The second-order valence-corrected chi connectivity index (χ2v) is 6.86. The largest absolute Gasteiger partial charge is 0.509 e. The first-order valence-electron chi connectivity index (χ1n) is 7.64. The zero-order valence-electron chi connectivity index (χ0n) is 13.3. The van der Waals surface area contributed by atoms with Crippen molar-refractivity contribution in [2.24, 2.45) is 0 Å². The van der Waals surface area contributed by atoms with Crippen LogP contribution in [0.15, 0.2) is 42.2 Å². The van der Waals surface area contributed by atoms with Gasteiger partial charge in [-0.15, -0.1) is 0 Å². The summed E-state index contributed by atoms with van der Waals surface area (Å²) < 4.78 is 0. The number of H-pyrrole nitrogens is 1. The summed E-state index contributed by atoms with van der Waals surface area (Å²) in [5.74, 6) is 0.696. The molecule has 0 fully saturated rings. The molecule has 1 aliphatic rings. The zero-order chi connectivity index (χ0) is 17.7. The van der Waals surface area contributed by atoms with Crippen molar-refractivity contribution >= 4 is 51.3 Å². The summed E-state index contributed by atoms with van der Waals surface area (Å²) in [7, 11) is 0. The molecule has 3 N–H and O–H groups in total. The lowest BCUT2D eigenvalue weighted by Gasteiger charge is -2.19. The summed E-state index contributed by atoms with van der Waals surface area (Å²) in [6.45, 7) is 2.17. The van der Waals surface area contributed by atoms with E-state index in [-0.39, 0.29) is 18.1 Å². The topological polar surface area (TPSA) is 76.0 Å². The van der Waals surface area contributed by atoms with E-state index in [1.807, 2.05) is 25.1 Å². The summed E-state index contributed by atoms with van der Waals surface area (Å²) in [4.78, 5) is 9.33. The Hall–Kier alpha value is -2.50. The monoisotopic (exact) mass is 372 g/mol. The molecule has 2 aromatic carbocycles. The predicted octanol–water partition coefficient (Wildman–Crippen LogP) is 4.94. The van der Waals surface area contributed by atoms with Gasteiger partial charge < -0.3 is 15.0 Å². The third-order valence-corrected chi connectivity index (χ3v) is 4.57. The van der Waals surface area contributed by atoms with E-state index < -0.39 is 0 Å². The van der Waals surface area contributed by atoms with Gasteiger partial charge in [0.05, 0.1) is 23.2 Å². The van der Waals surface area contributed by atoms with Crippen LogP contribution in [0.4, 0.5) is 5.69 Å². The molecular formula is C18H14Cl2N4O. The highest BCUT2D eigenvalue weighted by atomic mass is 35.5. The number of aliphatic hydroxyl groups excluding tert-OH is 1. The molecule has 0 spiro atoms. The van der Waals surface area contributed by atoms with Gasteiger partial charge in [0, 0.05) is 15.7 Å². The molecule has 1 aromatic heterocycles. The van der Waals surface area contributed by atoms with Gasteiger partial charge >= 0.3 is 0 Å². The smallest absolute Gasteiger partial charge is 0.145 e. The third-order valence-electron chi connectivity index (χ3n) is 4.14. The highest BCUT2D eigenvalue weighted by Gasteiger charge is 2.31. The van der Waals surface area contributed by atoms with Gasteiger partial charge in [0.1, 0.15) is 17.4 Å². The molecule has 0 atom stereocenters. The summed E-state index contributed by atoms with van der Waals surface area (Å²) in [5.41, 5.74) is 3.80. The molecule has 0 radical (unpaired) electrons. The number of benzene rings is 2. The van der Waals surface area contributed by atoms with E-state index in [1.54, 1.807) is 23.1 Å². The van der Waals surface area contributed by atoms with Crippen molar-refractivity contribution < 1.29 is 5.11 Å². The number of halogens is 2. The molecule has 25 heavy (non-hydrogen) atoms. The van der Waals surface area contributed by atoms with Gasteiger partial charge in [-0.3, -0.25) is 5.41 Å². The van der Waals surface area contributed by atoms with E-state index in [0.717, 1.165) is 16.6 Å². The fourth-order valence-electron chi connectivity index (χ4n) is 2.99. The minimum atomic E-state index is 0.0804. The fourth-order valence-corrected chi connectivity index (χ4v) is 3.50. The number of rotatable bonds is 2. The summed E-state index contributed by atoms with van der Waals surface area (Å²) in [6, 6.07) is 10.9. The Labute approximate surface area is 154 Å². The molecule has 1 aliphatic heterocycles. The van der Waals surface area contributed by atoms with E-state index >= 15 is 0 Å². The van der Waals surface area contributed by atoms with Crippen LogP contribution in [0.2, 0.25) is 10.0 Å². The van der Waals surface area contributed by atoms with Crippen molar-refractivity contribution in [2.75, 3.05) is 11.4 Å². The summed E-state index contributed by atoms with van der Waals surface area (Å²) in [6.07, 6.45) is 0. The van der Waals surface area contributed by atoms with Gasteiger partial charge in [-0.2, -0.15) is 0 Å². The lowest BCUT2D eigenvalue weighted by atomic mass is 10.2. The Balaban J connectivity index is 1.74. The Morgan fingerprint density at radius 2 is 1.88 bits per heavy atom. The zero-order valence-corrected chi connectivity index (χ0v) is 14.8. The Bertz CT molecular complexity index is 1030. The maximum Gasteiger partial charge on any atom is 0.145 e. The van der Waals surface area contributed by atoms with Gasteiger partial charge in [-0.1, -0.05) is 29.3 Å². The number of fused-ring (bicyclic) bond motifs is 1. The SMILES string of the molecule is Cc1ccc2nc(C3=C(O)CN(c4cc(Cl)cc(Cl)c4)C3=N)[nH]c2c1. The normalized spacial score (nSPS) is 14.8. The fraction of sp³-hybridized carbons (Fsp3) is 0.111. The Morgan fingerprint density at radius 3 is 2.60 bits per heavy atom. The number of nitrogens with one attached hydrogen (secondary N) is 2. The van der Waals surface area contributed by atoms with Crippen molar-refractivity contribution in [3.8, 4) is 0 Å². The van der Waals surface area contributed by atoms with Crippen LogP contribution in [0.3, 0.4) is 0 Å². The number of aromatic amines is 1. The number of anilines is 1. The summed E-state index contributed by atoms with van der Waals surface area (Å²) in [5, 5.41) is 19.9. The number of amidine groups is 1. The molecule has 126 valence electrons. The second-order valence-electron chi connectivity index (χ2n) is 5.99. The van der Waals surface area contributed by atoms with E-state index in [9.17, 15) is 5.11 Å². The number of aromatic nitrogens is 2. The number of imidazole rings is 1. The predicted molar refractivity (Wildman–Crippen MR) is 102 cm³/mol. The molecular weight excluding hydrogens is 359 g/mol. The van der Waals surface area contributed by atoms with E-state index in [0.29, 0.717) is 27.1 Å². The lowest BCUT2D eigenvalue weighted by Crippen LogP contribution is -2.26. The van der Waals surface area contributed by atoms with Gasteiger partial charge in [0.25, 0.3) is 0 Å². The molecule has 3 aromatic rings. The van der Waals surface area contributed by atoms with Crippen LogP contribution < -0.4 is 4.90 Å². The maximum absolute atomic E-state index is 10.4. The van der Waals surface area contributed by atoms with Crippen LogP contribution in [-0.2, 0) is 0 Å².